The summed E-state index contributed by atoms with van der Waals surface area (Å²) in [5.74, 6) is -0.0285. The molecule has 1 aliphatic rings. The minimum atomic E-state index is -3.65. The van der Waals surface area contributed by atoms with Crippen molar-refractivity contribution in [2.45, 2.75) is 44.6 Å². The Morgan fingerprint density at radius 1 is 1.31 bits per heavy atom. The molecule has 1 saturated heterocycles. The minimum absolute atomic E-state index is 0.0106. The van der Waals surface area contributed by atoms with Crippen LogP contribution in [0.25, 0.3) is 0 Å². The van der Waals surface area contributed by atoms with Gasteiger partial charge in [0, 0.05) is 19.5 Å². The average Bonchev–Trinajstić information content (AvgIpc) is 2.84. The van der Waals surface area contributed by atoms with Gasteiger partial charge < -0.3 is 15.4 Å². The van der Waals surface area contributed by atoms with Crippen LogP contribution in [0.3, 0.4) is 0 Å². The molecule has 3 rings (SSSR count). The molecule has 0 saturated carbocycles. The van der Waals surface area contributed by atoms with Crippen molar-refractivity contribution in [1.29, 1.82) is 10.8 Å². The third kappa shape index (κ3) is 6.71. The molecular formula is C24H33ClN6O3S. The van der Waals surface area contributed by atoms with E-state index in [2.05, 4.69) is 22.5 Å². The fraction of sp³-hybridized carbons (Fsp3) is 0.458. The molecule has 2 atom stereocenters. The molecular weight excluding hydrogens is 488 g/mol. The number of nitrogens with zero attached hydrogens (tertiary/aromatic N) is 2. The zero-order valence-electron chi connectivity index (χ0n) is 20.3. The summed E-state index contributed by atoms with van der Waals surface area (Å²) in [5.41, 5.74) is 1.26. The number of pyridine rings is 1. The van der Waals surface area contributed by atoms with Crippen molar-refractivity contribution in [2.75, 3.05) is 36.0 Å². The highest BCUT2D eigenvalue weighted by Gasteiger charge is 2.32. The molecule has 190 valence electrons. The highest BCUT2D eigenvalue weighted by atomic mass is 35.5. The van der Waals surface area contributed by atoms with Gasteiger partial charge in [0.25, 0.3) is 0 Å². The number of benzene rings is 1. The van der Waals surface area contributed by atoms with Gasteiger partial charge in [0.1, 0.15) is 5.82 Å². The van der Waals surface area contributed by atoms with E-state index < -0.39 is 16.1 Å². The molecule has 2 heterocycles. The van der Waals surface area contributed by atoms with E-state index in [0.29, 0.717) is 12.4 Å². The van der Waals surface area contributed by atoms with Crippen LogP contribution in [0.4, 0.5) is 11.6 Å². The Kier molecular flexibility index (Phi) is 9.09. The molecule has 0 spiro atoms. The Hall–Kier alpha value is -2.69. The number of ether oxygens (including phenoxy) is 1. The van der Waals surface area contributed by atoms with E-state index in [0.717, 1.165) is 48.4 Å². The predicted molar refractivity (Wildman–Crippen MR) is 142 cm³/mol. The van der Waals surface area contributed by atoms with Gasteiger partial charge in [-0.25, -0.2) is 13.4 Å². The number of unbranched alkanes of at least 4 members (excludes halogenated alkanes) is 1. The lowest BCUT2D eigenvalue weighted by atomic mass is 9.84. The minimum Gasteiger partial charge on any atom is -0.423 e. The van der Waals surface area contributed by atoms with E-state index in [-0.39, 0.29) is 34.1 Å². The van der Waals surface area contributed by atoms with Gasteiger partial charge in [-0.3, -0.25) is 15.1 Å². The Balaban J connectivity index is 1.89. The van der Waals surface area contributed by atoms with Gasteiger partial charge >= 0.3 is 0 Å². The van der Waals surface area contributed by atoms with Crippen molar-refractivity contribution in [2.24, 2.45) is 0 Å². The third-order valence-electron chi connectivity index (χ3n) is 6.00. The second kappa shape index (κ2) is 11.8. The molecule has 2 aromatic rings. The Morgan fingerprint density at radius 3 is 2.69 bits per heavy atom. The second-order valence-corrected chi connectivity index (χ2v) is 11.0. The number of halogens is 1. The maximum Gasteiger partial charge on any atom is 0.233 e. The monoisotopic (exact) mass is 520 g/mol. The normalized spacial score (nSPS) is 18.1. The number of aromatic nitrogens is 1. The average molecular weight is 521 g/mol. The Morgan fingerprint density at radius 2 is 2.03 bits per heavy atom. The molecule has 1 aromatic heterocycles. The van der Waals surface area contributed by atoms with Crippen molar-refractivity contribution in [3.8, 4) is 0 Å². The SMILES string of the molecule is CCCCNc1cc(C(=N)OC(=N)C2NCCCC2c2ccccc2)c(Cl)c(N(C)S(C)(=O)=O)n1. The van der Waals surface area contributed by atoms with Crippen molar-refractivity contribution in [1.82, 2.24) is 10.3 Å². The summed E-state index contributed by atoms with van der Waals surface area (Å²) in [6.45, 7) is 3.43. The van der Waals surface area contributed by atoms with Crippen LogP contribution in [0.1, 0.15) is 49.7 Å². The van der Waals surface area contributed by atoms with Gasteiger partial charge in [0.15, 0.2) is 5.82 Å². The first kappa shape index (κ1) is 26.9. The molecule has 0 bridgehead atoms. The summed E-state index contributed by atoms with van der Waals surface area (Å²) in [7, 11) is -2.29. The van der Waals surface area contributed by atoms with Gasteiger partial charge in [-0.2, -0.15) is 0 Å². The predicted octanol–water partition coefficient (Wildman–Crippen LogP) is 4.20. The Labute approximate surface area is 212 Å². The number of rotatable bonds is 9. The van der Waals surface area contributed by atoms with Crippen molar-refractivity contribution < 1.29 is 13.2 Å². The van der Waals surface area contributed by atoms with Crippen LogP contribution >= 0.6 is 11.6 Å². The summed E-state index contributed by atoms with van der Waals surface area (Å²) in [4.78, 5) is 4.36. The molecule has 1 aromatic carbocycles. The smallest absolute Gasteiger partial charge is 0.233 e. The molecule has 11 heteroatoms. The maximum atomic E-state index is 12.2. The largest absolute Gasteiger partial charge is 0.423 e. The molecule has 0 aliphatic carbocycles. The van der Waals surface area contributed by atoms with E-state index in [9.17, 15) is 8.42 Å². The second-order valence-electron chi connectivity index (χ2n) is 8.59. The van der Waals surface area contributed by atoms with Crippen LogP contribution in [-0.2, 0) is 14.8 Å². The number of sulfonamides is 1. The highest BCUT2D eigenvalue weighted by molar-refractivity contribution is 7.92. The molecule has 4 N–H and O–H groups in total. The van der Waals surface area contributed by atoms with Crippen LogP contribution in [0, 0.1) is 10.8 Å². The molecule has 1 aliphatic heterocycles. The molecule has 9 nitrogen and oxygen atoms in total. The summed E-state index contributed by atoms with van der Waals surface area (Å²) >= 11 is 6.53. The standard InChI is InChI=1S/C24H33ClN6O3S/c1-4-5-13-28-19-15-18(20(25)24(30-19)31(2)35(3,32)33)22(26)34-23(27)21-17(12-9-14-29-21)16-10-7-6-8-11-16/h6-8,10-11,15,17,21,26-27,29H,4-5,9,12-14H2,1-3H3,(H,28,30). The van der Waals surface area contributed by atoms with Gasteiger partial charge in [-0.15, -0.1) is 0 Å². The molecule has 1 fully saturated rings. The zero-order valence-corrected chi connectivity index (χ0v) is 21.8. The van der Waals surface area contributed by atoms with E-state index in [1.54, 1.807) is 6.07 Å². The van der Waals surface area contributed by atoms with Crippen molar-refractivity contribution in [3.05, 3.63) is 52.5 Å². The van der Waals surface area contributed by atoms with Gasteiger partial charge in [0.05, 0.1) is 22.9 Å². The summed E-state index contributed by atoms with van der Waals surface area (Å²) in [6.07, 6.45) is 4.79. The number of nitrogens with one attached hydrogen (secondary N) is 4. The van der Waals surface area contributed by atoms with Gasteiger partial charge in [-0.1, -0.05) is 55.3 Å². The van der Waals surface area contributed by atoms with Crippen LogP contribution < -0.4 is 14.9 Å². The summed E-state index contributed by atoms with van der Waals surface area (Å²) in [5, 5.41) is 23.7. The van der Waals surface area contributed by atoms with E-state index in [1.165, 1.54) is 7.05 Å². The maximum absolute atomic E-state index is 12.2. The number of piperidine rings is 1. The zero-order chi connectivity index (χ0) is 25.6. The number of hydrogen-bond donors (Lipinski definition) is 4. The molecule has 0 radical (unpaired) electrons. The van der Waals surface area contributed by atoms with E-state index in [1.807, 2.05) is 30.3 Å². The first-order chi connectivity index (χ1) is 16.6. The number of anilines is 2. The first-order valence-corrected chi connectivity index (χ1v) is 13.9. The summed E-state index contributed by atoms with van der Waals surface area (Å²) in [6, 6.07) is 11.1. The van der Waals surface area contributed by atoms with Gasteiger partial charge in [-0.05, 0) is 37.4 Å². The van der Waals surface area contributed by atoms with Crippen molar-refractivity contribution >= 4 is 45.1 Å². The lowest BCUT2D eigenvalue weighted by molar-refractivity contribution is 0.370. The molecule has 2 unspecified atom stereocenters. The van der Waals surface area contributed by atoms with Crippen LogP contribution in [0.15, 0.2) is 36.4 Å². The van der Waals surface area contributed by atoms with E-state index in [4.69, 9.17) is 27.2 Å². The topological polar surface area (TPSA) is 131 Å². The summed E-state index contributed by atoms with van der Waals surface area (Å²) < 4.78 is 31.0. The lowest BCUT2D eigenvalue weighted by Gasteiger charge is -2.32. The Bertz CT molecular complexity index is 1160. The fourth-order valence-electron chi connectivity index (χ4n) is 3.98. The quantitative estimate of drug-likeness (QED) is 0.222. The first-order valence-electron chi connectivity index (χ1n) is 11.6. The molecule has 0 amide bonds. The van der Waals surface area contributed by atoms with Crippen LogP contribution in [0.5, 0.6) is 0 Å². The lowest BCUT2D eigenvalue weighted by Crippen LogP contribution is -2.46. The van der Waals surface area contributed by atoms with Crippen molar-refractivity contribution in [3.63, 3.8) is 0 Å². The third-order valence-corrected chi connectivity index (χ3v) is 7.54. The number of hydrogen-bond acceptors (Lipinski definition) is 8. The van der Waals surface area contributed by atoms with E-state index >= 15 is 0 Å². The highest BCUT2D eigenvalue weighted by Crippen LogP contribution is 2.32. The fourth-order valence-corrected chi connectivity index (χ4v) is 4.79. The van der Waals surface area contributed by atoms with Crippen LogP contribution in [0.2, 0.25) is 5.02 Å². The van der Waals surface area contributed by atoms with Crippen LogP contribution in [-0.4, -0.2) is 57.6 Å². The molecule has 35 heavy (non-hydrogen) atoms. The van der Waals surface area contributed by atoms with Gasteiger partial charge in [0.2, 0.25) is 21.8 Å².